The van der Waals surface area contributed by atoms with Crippen molar-refractivity contribution in [3.63, 3.8) is 0 Å². The second-order valence-corrected chi connectivity index (χ2v) is 11.6. The predicted molar refractivity (Wildman–Crippen MR) is 147 cm³/mol. The van der Waals surface area contributed by atoms with Gasteiger partial charge in [-0.3, -0.25) is 0 Å². The number of nitrogens with zero attached hydrogens (tertiary/aromatic N) is 1. The SMILES string of the molecule is COc1ccc(N2C3SC(C(F)(F)F)=C(c4ccc(Cl)cc4)C2SC(C(F)(F)F)=C3c2ccc(Cl)cc2)cc1. The first kappa shape index (κ1) is 28.1. The van der Waals surface area contributed by atoms with Crippen molar-refractivity contribution in [2.24, 2.45) is 0 Å². The summed E-state index contributed by atoms with van der Waals surface area (Å²) in [6.07, 6.45) is -9.63. The van der Waals surface area contributed by atoms with Gasteiger partial charge in [-0.2, -0.15) is 26.3 Å². The maximum absolute atomic E-state index is 14.6. The quantitative estimate of drug-likeness (QED) is 0.269. The number of hydrogen-bond donors (Lipinski definition) is 0. The molecule has 2 unspecified atom stereocenters. The lowest BCUT2D eigenvalue weighted by Crippen LogP contribution is -2.49. The van der Waals surface area contributed by atoms with E-state index in [0.717, 1.165) is 0 Å². The van der Waals surface area contributed by atoms with Crippen molar-refractivity contribution in [2.75, 3.05) is 12.0 Å². The van der Waals surface area contributed by atoms with Crippen LogP contribution >= 0.6 is 46.7 Å². The van der Waals surface area contributed by atoms with Crippen molar-refractivity contribution in [3.8, 4) is 5.75 Å². The van der Waals surface area contributed by atoms with Crippen molar-refractivity contribution in [1.82, 2.24) is 0 Å². The van der Waals surface area contributed by atoms with Gasteiger partial charge in [0, 0.05) is 26.9 Å². The molecule has 0 N–H and O–H groups in total. The minimum Gasteiger partial charge on any atom is -0.497 e. The van der Waals surface area contributed by atoms with E-state index in [4.69, 9.17) is 27.9 Å². The van der Waals surface area contributed by atoms with E-state index in [2.05, 4.69) is 0 Å². The molecule has 2 aliphatic heterocycles. The van der Waals surface area contributed by atoms with E-state index in [0.29, 0.717) is 45.0 Å². The topological polar surface area (TPSA) is 12.5 Å². The number of anilines is 1. The fourth-order valence-corrected chi connectivity index (χ4v) is 7.84. The molecule has 204 valence electrons. The third kappa shape index (κ3) is 5.49. The van der Waals surface area contributed by atoms with Gasteiger partial charge in [0.15, 0.2) is 0 Å². The molecule has 0 aliphatic carbocycles. The van der Waals surface area contributed by atoms with Gasteiger partial charge in [0.2, 0.25) is 0 Å². The molecule has 0 amide bonds. The molecule has 0 saturated heterocycles. The number of rotatable bonds is 4. The summed E-state index contributed by atoms with van der Waals surface area (Å²) < 4.78 is 92.8. The van der Waals surface area contributed by atoms with Crippen LogP contribution in [-0.4, -0.2) is 30.2 Å². The molecule has 3 aromatic carbocycles. The minimum atomic E-state index is -4.82. The van der Waals surface area contributed by atoms with Crippen LogP contribution in [0.3, 0.4) is 0 Å². The minimum absolute atomic E-state index is 0.130. The van der Waals surface area contributed by atoms with E-state index in [1.54, 1.807) is 29.2 Å². The van der Waals surface area contributed by atoms with Crippen LogP contribution in [0.5, 0.6) is 5.75 Å². The summed E-state index contributed by atoms with van der Waals surface area (Å²) in [4.78, 5) is -0.317. The number of alkyl halides is 6. The van der Waals surface area contributed by atoms with Crippen LogP contribution in [0.25, 0.3) is 11.1 Å². The molecule has 0 radical (unpaired) electrons. The highest BCUT2D eigenvalue weighted by Crippen LogP contribution is 2.62. The number of fused-ring (bicyclic) bond motifs is 2. The molecule has 5 rings (SSSR count). The summed E-state index contributed by atoms with van der Waals surface area (Å²) in [5, 5.41) is -2.12. The highest BCUT2D eigenvalue weighted by Gasteiger charge is 2.55. The monoisotopic (exact) mass is 619 g/mol. The van der Waals surface area contributed by atoms with Crippen molar-refractivity contribution < 1.29 is 31.1 Å². The number of methoxy groups -OCH3 is 1. The average Bonchev–Trinajstić information content (AvgIpc) is 2.88. The van der Waals surface area contributed by atoms with Gasteiger partial charge >= 0.3 is 12.4 Å². The normalized spacial score (nSPS) is 20.0. The fraction of sp³-hybridized carbons (Fsp3) is 0.185. The molecule has 2 nitrogen and oxygen atoms in total. The second-order valence-electron chi connectivity index (χ2n) is 8.54. The Hall–Kier alpha value is -2.40. The lowest BCUT2D eigenvalue weighted by Gasteiger charge is -2.50. The largest absolute Gasteiger partial charge is 0.497 e. The van der Waals surface area contributed by atoms with Crippen LogP contribution in [0.2, 0.25) is 10.0 Å². The van der Waals surface area contributed by atoms with E-state index in [1.807, 2.05) is 0 Å². The third-order valence-corrected chi connectivity index (χ3v) is 9.39. The first-order valence-corrected chi connectivity index (χ1v) is 13.8. The molecule has 3 aromatic rings. The van der Waals surface area contributed by atoms with Crippen molar-refractivity contribution >= 4 is 63.6 Å². The fourth-order valence-electron chi connectivity index (χ4n) is 4.48. The van der Waals surface area contributed by atoms with Crippen molar-refractivity contribution in [3.05, 3.63) is 104 Å². The molecule has 2 bridgehead atoms. The van der Waals surface area contributed by atoms with E-state index >= 15 is 0 Å². The van der Waals surface area contributed by atoms with Crippen LogP contribution in [0.4, 0.5) is 32.0 Å². The van der Waals surface area contributed by atoms with Gasteiger partial charge in [-0.15, -0.1) is 0 Å². The Morgan fingerprint density at radius 3 is 1.36 bits per heavy atom. The van der Waals surface area contributed by atoms with E-state index in [9.17, 15) is 26.3 Å². The predicted octanol–water partition coefficient (Wildman–Crippen LogP) is 9.90. The first-order valence-electron chi connectivity index (χ1n) is 11.3. The van der Waals surface area contributed by atoms with Gasteiger partial charge in [-0.05, 0) is 59.7 Å². The standard InChI is InChI=1S/C27H17Cl2F6NOS2/c1-37-19-12-10-18(11-13-19)36-24-20(14-2-6-16(28)7-3-14)22(26(30,31)32)38-25(36)21(23(39-24)27(33,34)35)15-4-8-17(29)9-5-15/h2-13,24-25H,1H3. The molecule has 0 aromatic heterocycles. The zero-order valence-corrected chi connectivity index (χ0v) is 22.9. The third-order valence-electron chi connectivity index (χ3n) is 6.14. The van der Waals surface area contributed by atoms with Crippen LogP contribution in [-0.2, 0) is 0 Å². The van der Waals surface area contributed by atoms with Gasteiger partial charge in [-0.25, -0.2) is 0 Å². The Bertz CT molecular complexity index is 1350. The maximum Gasteiger partial charge on any atom is 0.422 e. The molecular weight excluding hydrogens is 603 g/mol. The van der Waals surface area contributed by atoms with Crippen molar-refractivity contribution in [2.45, 2.75) is 23.1 Å². The average molecular weight is 620 g/mol. The molecule has 0 spiro atoms. The van der Waals surface area contributed by atoms with E-state index in [-0.39, 0.29) is 22.3 Å². The van der Waals surface area contributed by atoms with E-state index in [1.165, 1.54) is 55.6 Å². The zero-order valence-electron chi connectivity index (χ0n) is 19.8. The summed E-state index contributed by atoms with van der Waals surface area (Å²) in [6, 6.07) is 17.7. The van der Waals surface area contributed by atoms with Gasteiger partial charge in [-0.1, -0.05) is 71.0 Å². The molecule has 2 aliphatic rings. The Morgan fingerprint density at radius 2 is 1.03 bits per heavy atom. The molecular formula is C27H17Cl2F6NOS2. The highest BCUT2D eigenvalue weighted by atomic mass is 35.5. The Kier molecular flexibility index (Phi) is 7.60. The molecule has 39 heavy (non-hydrogen) atoms. The number of halogens is 8. The highest BCUT2D eigenvalue weighted by molar-refractivity contribution is 8.07. The van der Waals surface area contributed by atoms with E-state index < -0.39 is 32.9 Å². The molecule has 0 saturated carbocycles. The Balaban J connectivity index is 1.80. The van der Waals surface area contributed by atoms with Crippen LogP contribution in [0.15, 0.2) is 82.6 Å². The zero-order chi connectivity index (χ0) is 28.1. The number of benzene rings is 3. The molecule has 2 atom stereocenters. The summed E-state index contributed by atoms with van der Waals surface area (Å²) in [7, 11) is 1.46. The molecule has 0 fully saturated rings. The van der Waals surface area contributed by atoms with Crippen LogP contribution < -0.4 is 9.64 Å². The lowest BCUT2D eigenvalue weighted by atomic mass is 9.99. The van der Waals surface area contributed by atoms with Gasteiger partial charge in [0.1, 0.15) is 16.5 Å². The van der Waals surface area contributed by atoms with Crippen molar-refractivity contribution in [1.29, 1.82) is 0 Å². The maximum atomic E-state index is 14.6. The lowest BCUT2D eigenvalue weighted by molar-refractivity contribution is -0.0835. The second kappa shape index (κ2) is 10.5. The van der Waals surface area contributed by atoms with Crippen LogP contribution in [0, 0.1) is 0 Å². The number of allylic oxidation sites excluding steroid dienone is 2. The number of ether oxygens (including phenoxy) is 1. The van der Waals surface area contributed by atoms with Gasteiger partial charge < -0.3 is 9.64 Å². The Labute approximate surface area is 238 Å². The summed E-state index contributed by atoms with van der Waals surface area (Å²) in [6.45, 7) is 0. The van der Waals surface area contributed by atoms with Crippen LogP contribution in [0.1, 0.15) is 11.1 Å². The first-order chi connectivity index (χ1) is 18.4. The summed E-state index contributed by atoms with van der Waals surface area (Å²) in [5.74, 6) is 0.495. The molecule has 2 heterocycles. The summed E-state index contributed by atoms with van der Waals surface area (Å²) in [5.41, 5.74) is 0.165. The smallest absolute Gasteiger partial charge is 0.422 e. The molecule has 12 heteroatoms. The Morgan fingerprint density at radius 1 is 0.641 bits per heavy atom. The number of hydrogen-bond acceptors (Lipinski definition) is 4. The van der Waals surface area contributed by atoms with Gasteiger partial charge in [0.05, 0.1) is 16.9 Å². The number of thioether (sulfide) groups is 2. The summed E-state index contributed by atoms with van der Waals surface area (Å²) >= 11 is 12.7. The van der Waals surface area contributed by atoms with Gasteiger partial charge in [0.25, 0.3) is 0 Å².